The van der Waals surface area contributed by atoms with E-state index in [-0.39, 0.29) is 17.5 Å². The van der Waals surface area contributed by atoms with Crippen molar-refractivity contribution in [1.82, 2.24) is 20.2 Å². The molecule has 2 atom stereocenters. The topological polar surface area (TPSA) is 72.7 Å². The number of carbonyl (C=O) groups excluding carboxylic acids is 1. The SMILES string of the molecule is C[C@H]1C[C@H]1C(=O)Nc1ccc(F)c(-n2nnnc2C2CC2)c1. The van der Waals surface area contributed by atoms with Gasteiger partial charge in [-0.15, -0.1) is 5.10 Å². The van der Waals surface area contributed by atoms with Gasteiger partial charge in [-0.2, -0.15) is 4.68 Å². The zero-order valence-corrected chi connectivity index (χ0v) is 12.2. The molecule has 0 spiro atoms. The van der Waals surface area contributed by atoms with E-state index in [9.17, 15) is 9.18 Å². The molecule has 2 aliphatic rings. The predicted molar refractivity (Wildman–Crippen MR) is 77.0 cm³/mol. The number of hydrogen-bond acceptors (Lipinski definition) is 4. The molecule has 2 aliphatic carbocycles. The average molecular weight is 301 g/mol. The number of aromatic nitrogens is 4. The van der Waals surface area contributed by atoms with Crippen molar-refractivity contribution < 1.29 is 9.18 Å². The van der Waals surface area contributed by atoms with Gasteiger partial charge < -0.3 is 5.32 Å². The van der Waals surface area contributed by atoms with Gasteiger partial charge in [0, 0.05) is 17.5 Å². The summed E-state index contributed by atoms with van der Waals surface area (Å²) in [5, 5.41) is 14.4. The number of tetrazole rings is 1. The highest BCUT2D eigenvalue weighted by Gasteiger charge is 2.39. The molecule has 114 valence electrons. The quantitative estimate of drug-likeness (QED) is 0.940. The van der Waals surface area contributed by atoms with Crippen molar-refractivity contribution >= 4 is 11.6 Å². The molecule has 1 amide bonds. The van der Waals surface area contributed by atoms with E-state index >= 15 is 0 Å². The fourth-order valence-electron chi connectivity index (χ4n) is 2.64. The van der Waals surface area contributed by atoms with Gasteiger partial charge in [0.05, 0.1) is 0 Å². The maximum absolute atomic E-state index is 14.1. The number of carbonyl (C=O) groups is 1. The summed E-state index contributed by atoms with van der Waals surface area (Å²) < 4.78 is 15.6. The minimum atomic E-state index is -0.410. The Bertz CT molecular complexity index is 739. The number of nitrogens with one attached hydrogen (secondary N) is 1. The lowest BCUT2D eigenvalue weighted by Gasteiger charge is -2.09. The van der Waals surface area contributed by atoms with Gasteiger partial charge in [-0.25, -0.2) is 4.39 Å². The van der Waals surface area contributed by atoms with E-state index < -0.39 is 5.82 Å². The zero-order chi connectivity index (χ0) is 15.3. The Morgan fingerprint density at radius 1 is 1.41 bits per heavy atom. The monoisotopic (exact) mass is 301 g/mol. The average Bonchev–Trinajstić information content (AvgIpc) is 3.41. The van der Waals surface area contributed by atoms with Crippen LogP contribution in [0.2, 0.25) is 0 Å². The van der Waals surface area contributed by atoms with Crippen LogP contribution in [0.5, 0.6) is 0 Å². The highest BCUT2D eigenvalue weighted by molar-refractivity contribution is 5.94. The molecule has 0 saturated heterocycles. The van der Waals surface area contributed by atoms with E-state index in [1.165, 1.54) is 10.7 Å². The Morgan fingerprint density at radius 3 is 2.86 bits per heavy atom. The molecule has 1 heterocycles. The predicted octanol–water partition coefficient (Wildman–Crippen LogP) is 2.27. The molecule has 1 N–H and O–H groups in total. The minimum absolute atomic E-state index is 0.0100. The molecule has 2 aromatic rings. The van der Waals surface area contributed by atoms with Gasteiger partial charge in [-0.1, -0.05) is 6.92 Å². The van der Waals surface area contributed by atoms with Gasteiger partial charge in [0.1, 0.15) is 11.5 Å². The van der Waals surface area contributed by atoms with Gasteiger partial charge in [0.25, 0.3) is 0 Å². The maximum Gasteiger partial charge on any atom is 0.227 e. The maximum atomic E-state index is 14.1. The number of benzene rings is 1. The molecule has 0 aliphatic heterocycles. The fraction of sp³-hybridized carbons (Fsp3) is 0.467. The molecule has 2 fully saturated rings. The van der Waals surface area contributed by atoms with Gasteiger partial charge in [-0.05, 0) is 53.8 Å². The first-order chi connectivity index (χ1) is 10.6. The van der Waals surface area contributed by atoms with Crippen molar-refractivity contribution in [2.75, 3.05) is 5.32 Å². The second-order valence-electron chi connectivity index (χ2n) is 6.20. The van der Waals surface area contributed by atoms with Crippen molar-refractivity contribution in [3.63, 3.8) is 0 Å². The molecule has 1 aromatic carbocycles. The number of rotatable bonds is 4. The largest absolute Gasteiger partial charge is 0.326 e. The molecule has 4 rings (SSSR count). The standard InChI is InChI=1S/C15H16FN5O/c1-8-6-11(8)15(22)17-10-4-5-12(16)13(7-10)21-14(9-2-3-9)18-19-20-21/h4-5,7-9,11H,2-3,6H2,1H3,(H,17,22)/t8-,11+/m0/s1. The lowest BCUT2D eigenvalue weighted by molar-refractivity contribution is -0.117. The summed E-state index contributed by atoms with van der Waals surface area (Å²) in [6.45, 7) is 2.04. The summed E-state index contributed by atoms with van der Waals surface area (Å²) in [4.78, 5) is 12.0. The second kappa shape index (κ2) is 4.86. The number of amides is 1. The normalized spacial score (nSPS) is 23.4. The summed E-state index contributed by atoms with van der Waals surface area (Å²) in [6, 6.07) is 4.48. The lowest BCUT2D eigenvalue weighted by atomic mass is 10.2. The molecule has 0 radical (unpaired) electrons. The van der Waals surface area contributed by atoms with Gasteiger partial charge in [0.2, 0.25) is 5.91 Å². The van der Waals surface area contributed by atoms with Crippen LogP contribution in [0.15, 0.2) is 18.2 Å². The number of anilines is 1. The molecular weight excluding hydrogens is 285 g/mol. The van der Waals surface area contributed by atoms with Crippen LogP contribution in [-0.4, -0.2) is 26.1 Å². The molecule has 1 aromatic heterocycles. The summed E-state index contributed by atoms with van der Waals surface area (Å²) in [7, 11) is 0. The first-order valence-electron chi connectivity index (χ1n) is 7.52. The van der Waals surface area contributed by atoms with Crippen molar-refractivity contribution in [3.8, 4) is 5.69 Å². The van der Waals surface area contributed by atoms with E-state index in [4.69, 9.17) is 0 Å². The van der Waals surface area contributed by atoms with Crippen LogP contribution in [-0.2, 0) is 4.79 Å². The second-order valence-corrected chi connectivity index (χ2v) is 6.20. The van der Waals surface area contributed by atoms with E-state index in [0.29, 0.717) is 23.3 Å². The summed E-state index contributed by atoms with van der Waals surface area (Å²) in [5.41, 5.74) is 0.839. The minimum Gasteiger partial charge on any atom is -0.326 e. The van der Waals surface area contributed by atoms with Crippen LogP contribution in [0.3, 0.4) is 0 Å². The lowest BCUT2D eigenvalue weighted by Crippen LogP contribution is -2.15. The van der Waals surface area contributed by atoms with E-state index in [0.717, 1.165) is 19.3 Å². The number of hydrogen-bond donors (Lipinski definition) is 1. The van der Waals surface area contributed by atoms with Crippen molar-refractivity contribution in [2.45, 2.75) is 32.1 Å². The Balaban J connectivity index is 1.63. The molecular formula is C15H16FN5O. The van der Waals surface area contributed by atoms with Crippen LogP contribution >= 0.6 is 0 Å². The summed E-state index contributed by atoms with van der Waals surface area (Å²) in [5.74, 6) is 1.07. The van der Waals surface area contributed by atoms with E-state index in [1.807, 2.05) is 6.92 Å². The highest BCUT2D eigenvalue weighted by atomic mass is 19.1. The fourth-order valence-corrected chi connectivity index (χ4v) is 2.64. The van der Waals surface area contributed by atoms with E-state index in [2.05, 4.69) is 20.8 Å². The van der Waals surface area contributed by atoms with Gasteiger partial charge in [0.15, 0.2) is 5.82 Å². The molecule has 22 heavy (non-hydrogen) atoms. The third-order valence-corrected chi connectivity index (χ3v) is 4.32. The van der Waals surface area contributed by atoms with E-state index in [1.54, 1.807) is 12.1 Å². The van der Waals surface area contributed by atoms with Crippen LogP contribution in [0.25, 0.3) is 5.69 Å². The van der Waals surface area contributed by atoms with Crippen LogP contribution in [0.1, 0.15) is 37.9 Å². The molecule has 0 bridgehead atoms. The van der Waals surface area contributed by atoms with Crippen molar-refractivity contribution in [1.29, 1.82) is 0 Å². The smallest absolute Gasteiger partial charge is 0.227 e. The molecule has 0 unspecified atom stereocenters. The van der Waals surface area contributed by atoms with Crippen LogP contribution in [0, 0.1) is 17.7 Å². The summed E-state index contributed by atoms with van der Waals surface area (Å²) >= 11 is 0. The van der Waals surface area contributed by atoms with Gasteiger partial charge >= 0.3 is 0 Å². The Kier molecular flexibility index (Phi) is 2.95. The Morgan fingerprint density at radius 2 is 2.18 bits per heavy atom. The Hall–Kier alpha value is -2.31. The molecule has 7 heteroatoms. The van der Waals surface area contributed by atoms with Crippen LogP contribution < -0.4 is 5.32 Å². The summed E-state index contributed by atoms with van der Waals surface area (Å²) in [6.07, 6.45) is 2.97. The number of halogens is 1. The van der Waals surface area contributed by atoms with Crippen LogP contribution in [0.4, 0.5) is 10.1 Å². The first kappa shape index (κ1) is 13.4. The molecule has 6 nitrogen and oxygen atoms in total. The zero-order valence-electron chi connectivity index (χ0n) is 12.2. The van der Waals surface area contributed by atoms with Crippen molar-refractivity contribution in [2.24, 2.45) is 11.8 Å². The Labute approximate surface area is 126 Å². The van der Waals surface area contributed by atoms with Gasteiger partial charge in [-0.3, -0.25) is 4.79 Å². The third-order valence-electron chi connectivity index (χ3n) is 4.32. The third kappa shape index (κ3) is 2.36. The number of nitrogens with zero attached hydrogens (tertiary/aromatic N) is 4. The molecule has 2 saturated carbocycles. The highest BCUT2D eigenvalue weighted by Crippen LogP contribution is 2.40. The van der Waals surface area contributed by atoms with Crippen molar-refractivity contribution in [3.05, 3.63) is 29.8 Å². The first-order valence-corrected chi connectivity index (χ1v) is 7.52.